The van der Waals surface area contributed by atoms with E-state index < -0.39 is 15.8 Å². The molecule has 0 bridgehead atoms. The monoisotopic (exact) mass is 333 g/mol. The third kappa shape index (κ3) is 3.96. The number of nitrogens with zero attached hydrogens (tertiary/aromatic N) is 1. The maximum absolute atomic E-state index is 14.1. The van der Waals surface area contributed by atoms with Crippen molar-refractivity contribution in [2.45, 2.75) is 49.9 Å². The van der Waals surface area contributed by atoms with Gasteiger partial charge in [-0.1, -0.05) is 19.9 Å². The van der Waals surface area contributed by atoms with Crippen molar-refractivity contribution in [1.82, 2.24) is 4.31 Å². The number of halogens is 2. The van der Waals surface area contributed by atoms with Crippen LogP contribution in [-0.4, -0.2) is 25.3 Å². The normalized spacial score (nSPS) is 15.9. The Kier molecular flexibility index (Phi) is 5.28. The largest absolute Gasteiger partial charge is 0.246 e. The Balaban J connectivity index is 2.29. The standard InChI is InChI=1S/C15H21ClFNO2S/c1-11(2)7-8-18(13-4-5-13)21(19,20)15-6-3-12(10-16)9-14(15)17/h3,6,9,11,13H,4-5,7-8,10H2,1-2H3. The molecule has 0 radical (unpaired) electrons. The first-order chi connectivity index (χ1) is 9.86. The molecule has 1 aromatic rings. The highest BCUT2D eigenvalue weighted by Crippen LogP contribution is 2.33. The molecule has 0 aromatic heterocycles. The molecule has 0 atom stereocenters. The number of benzene rings is 1. The highest BCUT2D eigenvalue weighted by molar-refractivity contribution is 7.89. The summed E-state index contributed by atoms with van der Waals surface area (Å²) in [5.74, 6) is -0.148. The lowest BCUT2D eigenvalue weighted by atomic mass is 10.1. The van der Waals surface area contributed by atoms with Gasteiger partial charge in [-0.05, 0) is 42.9 Å². The fourth-order valence-corrected chi connectivity index (χ4v) is 4.12. The summed E-state index contributed by atoms with van der Waals surface area (Å²) >= 11 is 5.65. The summed E-state index contributed by atoms with van der Waals surface area (Å²) in [6.07, 6.45) is 2.49. The zero-order chi connectivity index (χ0) is 15.6. The van der Waals surface area contributed by atoms with Crippen molar-refractivity contribution in [3.63, 3.8) is 0 Å². The first-order valence-corrected chi connectivity index (χ1v) is 9.20. The Morgan fingerprint density at radius 1 is 1.38 bits per heavy atom. The van der Waals surface area contributed by atoms with E-state index in [0.29, 0.717) is 18.0 Å². The van der Waals surface area contributed by atoms with Gasteiger partial charge < -0.3 is 0 Å². The smallest absolute Gasteiger partial charge is 0.207 e. The van der Waals surface area contributed by atoms with Gasteiger partial charge in [0.25, 0.3) is 0 Å². The molecule has 0 amide bonds. The second-order valence-electron chi connectivity index (χ2n) is 5.93. The number of sulfonamides is 1. The van der Waals surface area contributed by atoms with Crippen LogP contribution in [0.3, 0.4) is 0 Å². The van der Waals surface area contributed by atoms with Gasteiger partial charge in [-0.25, -0.2) is 12.8 Å². The van der Waals surface area contributed by atoms with Gasteiger partial charge >= 0.3 is 0 Å². The Hall–Kier alpha value is -0.650. The van der Waals surface area contributed by atoms with Gasteiger partial charge in [-0.15, -0.1) is 11.6 Å². The fraction of sp³-hybridized carbons (Fsp3) is 0.600. The van der Waals surface area contributed by atoms with Crippen LogP contribution in [-0.2, 0) is 15.9 Å². The lowest BCUT2D eigenvalue weighted by molar-refractivity contribution is 0.371. The minimum atomic E-state index is -3.77. The number of hydrogen-bond donors (Lipinski definition) is 0. The van der Waals surface area contributed by atoms with Crippen LogP contribution in [0.2, 0.25) is 0 Å². The Labute approximate surface area is 131 Å². The molecule has 0 heterocycles. The molecule has 6 heteroatoms. The maximum Gasteiger partial charge on any atom is 0.246 e. The molecule has 0 aliphatic heterocycles. The van der Waals surface area contributed by atoms with E-state index in [9.17, 15) is 12.8 Å². The van der Waals surface area contributed by atoms with E-state index in [-0.39, 0.29) is 16.8 Å². The van der Waals surface area contributed by atoms with Crippen LogP contribution in [0.4, 0.5) is 4.39 Å². The highest BCUT2D eigenvalue weighted by Gasteiger charge is 2.38. The third-order valence-electron chi connectivity index (χ3n) is 3.62. The minimum Gasteiger partial charge on any atom is -0.207 e. The Morgan fingerprint density at radius 3 is 2.52 bits per heavy atom. The molecular weight excluding hydrogens is 313 g/mol. The minimum absolute atomic E-state index is 0.0286. The van der Waals surface area contributed by atoms with Gasteiger partial charge in [0.2, 0.25) is 10.0 Å². The van der Waals surface area contributed by atoms with Crippen LogP contribution >= 0.6 is 11.6 Å². The highest BCUT2D eigenvalue weighted by atomic mass is 35.5. The Bertz CT molecular complexity index is 600. The SMILES string of the molecule is CC(C)CCN(C1CC1)S(=O)(=O)c1ccc(CCl)cc1F. The van der Waals surface area contributed by atoms with E-state index in [1.54, 1.807) is 6.07 Å². The van der Waals surface area contributed by atoms with Crippen LogP contribution in [0.5, 0.6) is 0 Å². The van der Waals surface area contributed by atoms with Crippen LogP contribution in [0.1, 0.15) is 38.7 Å². The second-order valence-corrected chi connectivity index (χ2v) is 8.05. The fourth-order valence-electron chi connectivity index (χ4n) is 2.21. The van der Waals surface area contributed by atoms with Crippen LogP contribution in [0.25, 0.3) is 0 Å². The van der Waals surface area contributed by atoms with Gasteiger partial charge in [0, 0.05) is 18.5 Å². The van der Waals surface area contributed by atoms with Crippen molar-refractivity contribution < 1.29 is 12.8 Å². The van der Waals surface area contributed by atoms with E-state index in [4.69, 9.17) is 11.6 Å². The topological polar surface area (TPSA) is 37.4 Å². The molecule has 21 heavy (non-hydrogen) atoms. The molecule has 1 fully saturated rings. The maximum atomic E-state index is 14.1. The number of hydrogen-bond acceptors (Lipinski definition) is 2. The quantitative estimate of drug-likeness (QED) is 0.712. The second kappa shape index (κ2) is 6.63. The van der Waals surface area contributed by atoms with Crippen LogP contribution < -0.4 is 0 Å². The van der Waals surface area contributed by atoms with E-state index in [1.165, 1.54) is 16.4 Å². The molecular formula is C15H21ClFNO2S. The average molecular weight is 334 g/mol. The van der Waals surface area contributed by atoms with E-state index in [1.807, 2.05) is 13.8 Å². The van der Waals surface area contributed by atoms with Crippen molar-refractivity contribution in [3.05, 3.63) is 29.6 Å². The van der Waals surface area contributed by atoms with Gasteiger partial charge in [0.1, 0.15) is 10.7 Å². The third-order valence-corrected chi connectivity index (χ3v) is 5.91. The molecule has 0 N–H and O–H groups in total. The van der Waals surface area contributed by atoms with Crippen molar-refractivity contribution in [2.75, 3.05) is 6.54 Å². The average Bonchev–Trinajstić information content (AvgIpc) is 3.22. The predicted octanol–water partition coefficient (Wildman–Crippen LogP) is 3.76. The van der Waals surface area contributed by atoms with E-state index >= 15 is 0 Å². The van der Waals surface area contributed by atoms with Gasteiger partial charge in [-0.3, -0.25) is 0 Å². The Morgan fingerprint density at radius 2 is 2.05 bits per heavy atom. The summed E-state index contributed by atoms with van der Waals surface area (Å²) in [5.41, 5.74) is 0.577. The van der Waals surface area contributed by atoms with Gasteiger partial charge in [0.15, 0.2) is 0 Å². The van der Waals surface area contributed by atoms with Gasteiger partial charge in [-0.2, -0.15) is 4.31 Å². The van der Waals surface area contributed by atoms with Crippen LogP contribution in [0, 0.1) is 11.7 Å². The molecule has 1 saturated carbocycles. The van der Waals surface area contributed by atoms with Crippen molar-refractivity contribution in [3.8, 4) is 0 Å². The van der Waals surface area contributed by atoms with E-state index in [2.05, 4.69) is 0 Å². The molecule has 1 aliphatic carbocycles. The van der Waals surface area contributed by atoms with Gasteiger partial charge in [0.05, 0.1) is 0 Å². The van der Waals surface area contributed by atoms with Crippen LogP contribution in [0.15, 0.2) is 23.1 Å². The predicted molar refractivity (Wildman–Crippen MR) is 82.3 cm³/mol. The summed E-state index contributed by atoms with van der Waals surface area (Å²) in [7, 11) is -3.77. The lowest BCUT2D eigenvalue weighted by Crippen LogP contribution is -2.35. The first-order valence-electron chi connectivity index (χ1n) is 7.22. The molecule has 1 aliphatic rings. The summed E-state index contributed by atoms with van der Waals surface area (Å²) in [6.45, 7) is 4.54. The summed E-state index contributed by atoms with van der Waals surface area (Å²) in [4.78, 5) is -0.243. The summed E-state index contributed by atoms with van der Waals surface area (Å²) in [6, 6.07) is 4.12. The molecule has 0 unspecified atom stereocenters. The van der Waals surface area contributed by atoms with Crippen molar-refractivity contribution in [2.24, 2.45) is 5.92 Å². The van der Waals surface area contributed by atoms with Crippen molar-refractivity contribution >= 4 is 21.6 Å². The zero-order valence-electron chi connectivity index (χ0n) is 12.4. The molecule has 3 nitrogen and oxygen atoms in total. The van der Waals surface area contributed by atoms with Crippen molar-refractivity contribution in [1.29, 1.82) is 0 Å². The number of rotatable bonds is 7. The summed E-state index contributed by atoms with van der Waals surface area (Å²) < 4.78 is 41.0. The molecule has 0 spiro atoms. The first kappa shape index (κ1) is 16.7. The molecule has 2 rings (SSSR count). The molecule has 1 aromatic carbocycles. The molecule has 118 valence electrons. The number of alkyl halides is 1. The summed E-state index contributed by atoms with van der Waals surface area (Å²) in [5, 5.41) is 0. The molecule has 0 saturated heterocycles. The lowest BCUT2D eigenvalue weighted by Gasteiger charge is -2.23. The van der Waals surface area contributed by atoms with E-state index in [0.717, 1.165) is 19.3 Å². The zero-order valence-corrected chi connectivity index (χ0v) is 13.9.